The maximum Gasteiger partial charge on any atom is 0.306 e. The van der Waals surface area contributed by atoms with Crippen LogP contribution in [-0.2, 0) is 33.3 Å². The molecule has 0 aliphatic carbocycles. The van der Waals surface area contributed by atoms with Gasteiger partial charge in [0.2, 0.25) is 0 Å². The molecule has 1 rings (SSSR count). The lowest BCUT2D eigenvalue weighted by Crippen LogP contribution is -2.46. The minimum Gasteiger partial charge on any atom is -0.462 e. The van der Waals surface area contributed by atoms with Crippen LogP contribution in [0.1, 0.15) is 290 Å². The number of hydrogen-bond acceptors (Lipinski definition) is 8. The van der Waals surface area contributed by atoms with Gasteiger partial charge in [0.15, 0.2) is 12.2 Å². The lowest BCUT2D eigenvalue weighted by molar-refractivity contribution is -0.177. The second-order valence-electron chi connectivity index (χ2n) is 20.0. The van der Waals surface area contributed by atoms with Crippen molar-refractivity contribution >= 4 is 17.9 Å². The molecule has 1 aliphatic heterocycles. The van der Waals surface area contributed by atoms with E-state index in [1.807, 2.05) is 0 Å². The number of allylic oxidation sites excluding steroid dienone is 6. The van der Waals surface area contributed by atoms with Gasteiger partial charge in [-0.05, 0) is 96.3 Å². The third-order valence-corrected chi connectivity index (χ3v) is 13.4. The molecule has 8 heteroatoms. The summed E-state index contributed by atoms with van der Waals surface area (Å²) in [7, 11) is 0. The lowest BCUT2D eigenvalue weighted by Gasteiger charge is -2.28. The Kier molecular flexibility index (Phi) is 46.3. The van der Waals surface area contributed by atoms with Crippen molar-refractivity contribution in [3.05, 3.63) is 36.5 Å². The van der Waals surface area contributed by atoms with Crippen molar-refractivity contribution in [2.24, 2.45) is 0 Å². The Morgan fingerprint density at radius 1 is 0.441 bits per heavy atom. The van der Waals surface area contributed by atoms with Gasteiger partial charge in [0.05, 0.1) is 6.61 Å². The summed E-state index contributed by atoms with van der Waals surface area (Å²) in [6, 6.07) is 0. The highest BCUT2D eigenvalue weighted by molar-refractivity contribution is 5.71. The minimum absolute atomic E-state index is 0.0544. The maximum absolute atomic E-state index is 13.2. The van der Waals surface area contributed by atoms with E-state index >= 15 is 0 Å². The molecule has 0 aromatic carbocycles. The molecule has 1 aliphatic rings. The average molecular weight is 958 g/mol. The number of hydrogen-bond donors (Lipinski definition) is 1. The molecule has 0 radical (unpaired) electrons. The predicted octanol–water partition coefficient (Wildman–Crippen LogP) is 17.2. The van der Waals surface area contributed by atoms with E-state index in [-0.39, 0.29) is 38.4 Å². The first-order valence-electron chi connectivity index (χ1n) is 29.2. The molecule has 4 atom stereocenters. The van der Waals surface area contributed by atoms with Crippen LogP contribution in [0.4, 0.5) is 0 Å². The van der Waals surface area contributed by atoms with E-state index in [2.05, 4.69) is 57.2 Å². The number of rotatable bonds is 50. The van der Waals surface area contributed by atoms with Crippen molar-refractivity contribution in [3.63, 3.8) is 0 Å². The van der Waals surface area contributed by atoms with Gasteiger partial charge >= 0.3 is 17.9 Å². The third kappa shape index (κ3) is 40.3. The van der Waals surface area contributed by atoms with Crippen LogP contribution < -0.4 is 0 Å². The molecule has 0 amide bonds. The molecule has 1 fully saturated rings. The topological polar surface area (TPSA) is 108 Å². The summed E-state index contributed by atoms with van der Waals surface area (Å²) in [5, 5.41) is 10.9. The van der Waals surface area contributed by atoms with Crippen LogP contribution in [0, 0.1) is 0 Å². The second kappa shape index (κ2) is 49.5. The summed E-state index contributed by atoms with van der Waals surface area (Å²) < 4.78 is 23.3. The first-order valence-corrected chi connectivity index (χ1v) is 29.2. The van der Waals surface area contributed by atoms with E-state index in [0.717, 1.165) is 103 Å². The van der Waals surface area contributed by atoms with Gasteiger partial charge in [-0.3, -0.25) is 14.4 Å². The Bertz CT molecular complexity index is 1230. The highest BCUT2D eigenvalue weighted by atomic mass is 16.6. The van der Waals surface area contributed by atoms with E-state index in [0.29, 0.717) is 12.8 Å². The van der Waals surface area contributed by atoms with Crippen molar-refractivity contribution in [1.82, 2.24) is 0 Å². The highest BCUT2D eigenvalue weighted by Gasteiger charge is 2.46. The Balaban J connectivity index is 2.50. The molecule has 396 valence electrons. The zero-order valence-corrected chi connectivity index (χ0v) is 44.7. The molecule has 0 aromatic rings. The summed E-state index contributed by atoms with van der Waals surface area (Å²) in [6.45, 7) is 6.51. The molecular formula is C60H108O8. The number of ether oxygens (including phenoxy) is 4. The van der Waals surface area contributed by atoms with Gasteiger partial charge in [-0.1, -0.05) is 211 Å². The van der Waals surface area contributed by atoms with Crippen LogP contribution in [0.2, 0.25) is 0 Å². The fourth-order valence-electron chi connectivity index (χ4n) is 8.98. The number of carbonyl (C=O) groups excluding carboxylic acids is 3. The molecule has 1 heterocycles. The fraction of sp³-hybridized carbons (Fsp3) is 0.850. The van der Waals surface area contributed by atoms with E-state index in [9.17, 15) is 19.5 Å². The quantitative estimate of drug-likeness (QED) is 0.0278. The fourth-order valence-corrected chi connectivity index (χ4v) is 8.98. The van der Waals surface area contributed by atoms with Crippen LogP contribution in [0.15, 0.2) is 36.5 Å². The smallest absolute Gasteiger partial charge is 0.306 e. The molecule has 68 heavy (non-hydrogen) atoms. The van der Waals surface area contributed by atoms with Gasteiger partial charge in [0.25, 0.3) is 0 Å². The van der Waals surface area contributed by atoms with E-state index in [4.69, 9.17) is 18.9 Å². The van der Waals surface area contributed by atoms with Gasteiger partial charge in [-0.25, -0.2) is 0 Å². The van der Waals surface area contributed by atoms with Gasteiger partial charge in [-0.15, -0.1) is 0 Å². The van der Waals surface area contributed by atoms with Crippen molar-refractivity contribution < 1.29 is 38.4 Å². The molecular weight excluding hydrogens is 849 g/mol. The van der Waals surface area contributed by atoms with Crippen molar-refractivity contribution in [3.8, 4) is 0 Å². The summed E-state index contributed by atoms with van der Waals surface area (Å²) in [5.41, 5.74) is 0. The van der Waals surface area contributed by atoms with E-state index in [1.54, 1.807) is 0 Å². The molecule has 0 spiro atoms. The monoisotopic (exact) mass is 957 g/mol. The zero-order chi connectivity index (χ0) is 49.2. The molecule has 8 nitrogen and oxygen atoms in total. The Hall–Kier alpha value is -2.45. The molecule has 0 aromatic heterocycles. The minimum atomic E-state index is -1.06. The first-order chi connectivity index (χ1) is 33.4. The third-order valence-electron chi connectivity index (χ3n) is 13.4. The van der Waals surface area contributed by atoms with Crippen molar-refractivity contribution in [2.45, 2.75) is 315 Å². The number of carbonyl (C=O) groups is 3. The number of aliphatic hydroxyl groups excluding tert-OH is 1. The van der Waals surface area contributed by atoms with Crippen LogP contribution >= 0.6 is 0 Å². The second-order valence-corrected chi connectivity index (χ2v) is 20.0. The molecule has 0 saturated carbocycles. The predicted molar refractivity (Wildman–Crippen MR) is 285 cm³/mol. The first kappa shape index (κ1) is 63.6. The summed E-state index contributed by atoms with van der Waals surface area (Å²) in [5.74, 6) is -1.15. The number of unbranched alkanes of at least 4 members (excludes halogenated alkanes) is 33. The van der Waals surface area contributed by atoms with Crippen molar-refractivity contribution in [2.75, 3.05) is 13.2 Å². The van der Waals surface area contributed by atoms with Crippen LogP contribution in [0.5, 0.6) is 0 Å². The Morgan fingerprint density at radius 2 is 0.750 bits per heavy atom. The highest BCUT2D eigenvalue weighted by Crippen LogP contribution is 2.25. The standard InChI is InChI=1S/C60H108O8/c1-4-7-10-13-16-19-22-25-28-31-34-37-40-43-46-49-56(62)65-53-55(67-57(63)50-47-44-41-38-35-32-29-26-23-20-17-14-11-8-5-2)60-59(54(61)52-66-60)68-58(64)51-48-45-42-39-36-33-30-27-24-21-18-15-12-9-6-3/h25-30,54-55,59-61H,4-24,31-53H2,1-3H3. The zero-order valence-electron chi connectivity index (χ0n) is 44.7. The lowest BCUT2D eigenvalue weighted by atomic mass is 10.1. The maximum atomic E-state index is 13.2. The normalized spacial score (nSPS) is 16.7. The molecule has 1 saturated heterocycles. The van der Waals surface area contributed by atoms with Gasteiger partial charge in [0.1, 0.15) is 18.8 Å². The van der Waals surface area contributed by atoms with Gasteiger partial charge in [-0.2, -0.15) is 0 Å². The SMILES string of the molecule is CCCCCCCCC=CCCCCCCCC(=O)OCC(OC(=O)CCCCCCCC=CCCCCCCCC)C1OCC(O)C1OC(=O)CCCCCCCC=CCCCCCCCC. The summed E-state index contributed by atoms with van der Waals surface area (Å²) in [4.78, 5) is 39.1. The van der Waals surface area contributed by atoms with Crippen LogP contribution in [0.25, 0.3) is 0 Å². The largest absolute Gasteiger partial charge is 0.462 e. The van der Waals surface area contributed by atoms with E-state index in [1.165, 1.54) is 135 Å². The van der Waals surface area contributed by atoms with Crippen LogP contribution in [-0.4, -0.2) is 60.6 Å². The number of esters is 3. The van der Waals surface area contributed by atoms with Gasteiger partial charge < -0.3 is 24.1 Å². The van der Waals surface area contributed by atoms with Crippen molar-refractivity contribution in [1.29, 1.82) is 0 Å². The average Bonchev–Trinajstić information content (AvgIpc) is 3.69. The summed E-state index contributed by atoms with van der Waals surface area (Å²) >= 11 is 0. The van der Waals surface area contributed by atoms with E-state index < -0.39 is 36.4 Å². The van der Waals surface area contributed by atoms with Gasteiger partial charge in [0, 0.05) is 19.3 Å². The molecule has 0 bridgehead atoms. The van der Waals surface area contributed by atoms with Crippen LogP contribution in [0.3, 0.4) is 0 Å². The molecule has 1 N–H and O–H groups in total. The Morgan fingerprint density at radius 3 is 1.12 bits per heavy atom. The molecule has 4 unspecified atom stereocenters. The number of aliphatic hydroxyl groups is 1. The summed E-state index contributed by atoms with van der Waals surface area (Å²) in [6.07, 6.45) is 56.7. The Labute approximate surface area is 419 Å².